The molecule has 4 rings (SSSR count). The van der Waals surface area contributed by atoms with Gasteiger partial charge in [-0.25, -0.2) is 0 Å². The molecule has 2 atom stereocenters. The first-order valence-electron chi connectivity index (χ1n) is 8.20. The summed E-state index contributed by atoms with van der Waals surface area (Å²) in [6.07, 6.45) is 3.64. The normalized spacial score (nSPS) is 18.5. The van der Waals surface area contributed by atoms with Crippen LogP contribution in [0.4, 0.5) is 0 Å². The Labute approximate surface area is 146 Å². The summed E-state index contributed by atoms with van der Waals surface area (Å²) in [5.74, 6) is 0.257. The summed E-state index contributed by atoms with van der Waals surface area (Å²) in [4.78, 5) is 4.02. The van der Waals surface area contributed by atoms with E-state index in [1.807, 2.05) is 24.3 Å². The van der Waals surface area contributed by atoms with Gasteiger partial charge in [0.15, 0.2) is 0 Å². The van der Waals surface area contributed by atoms with E-state index in [0.717, 1.165) is 23.7 Å². The summed E-state index contributed by atoms with van der Waals surface area (Å²) in [6.45, 7) is 1.71. The van der Waals surface area contributed by atoms with Gasteiger partial charge < -0.3 is 15.0 Å². The standard InChI is InChI=1S/C19H20ClN3O/c1-23-17-3-2-14(20)9-15(17)16-11-22-10-13(19(16)23)8-18(24)12-4-6-21-7-5-12/h2-7,9,13,18,22,24H,8,10-11H2,1H3. The number of aryl methyl sites for hydroxylation is 1. The summed E-state index contributed by atoms with van der Waals surface area (Å²) in [5.41, 5.74) is 4.71. The summed E-state index contributed by atoms with van der Waals surface area (Å²) < 4.78 is 2.26. The molecule has 1 aliphatic rings. The smallest absolute Gasteiger partial charge is 0.0798 e. The third-order valence-corrected chi connectivity index (χ3v) is 5.23. The topological polar surface area (TPSA) is 50.1 Å². The van der Waals surface area contributed by atoms with E-state index < -0.39 is 6.10 Å². The predicted molar refractivity (Wildman–Crippen MR) is 96.2 cm³/mol. The highest BCUT2D eigenvalue weighted by Crippen LogP contribution is 2.38. The molecular weight excluding hydrogens is 322 g/mol. The molecule has 0 bridgehead atoms. The average Bonchev–Trinajstić information content (AvgIpc) is 2.89. The Morgan fingerprint density at radius 1 is 1.33 bits per heavy atom. The maximum atomic E-state index is 10.6. The molecule has 0 saturated carbocycles. The number of rotatable bonds is 3. The molecule has 0 radical (unpaired) electrons. The Kier molecular flexibility index (Phi) is 4.04. The van der Waals surface area contributed by atoms with Gasteiger partial charge in [-0.3, -0.25) is 4.98 Å². The van der Waals surface area contributed by atoms with E-state index in [2.05, 4.69) is 28.0 Å². The third-order valence-electron chi connectivity index (χ3n) is 4.99. The van der Waals surface area contributed by atoms with Crippen LogP contribution in [0.5, 0.6) is 0 Å². The number of hydrogen-bond acceptors (Lipinski definition) is 3. The van der Waals surface area contributed by atoms with Gasteiger partial charge in [-0.05, 0) is 47.9 Å². The molecule has 1 aromatic carbocycles. The highest BCUT2D eigenvalue weighted by molar-refractivity contribution is 6.31. The summed E-state index contributed by atoms with van der Waals surface area (Å²) in [5, 5.41) is 16.1. The number of aliphatic hydroxyl groups excluding tert-OH is 1. The number of aliphatic hydroxyl groups is 1. The molecule has 124 valence electrons. The Morgan fingerprint density at radius 3 is 2.92 bits per heavy atom. The van der Waals surface area contributed by atoms with Crippen molar-refractivity contribution in [1.82, 2.24) is 14.9 Å². The van der Waals surface area contributed by atoms with Gasteiger partial charge in [-0.1, -0.05) is 11.6 Å². The van der Waals surface area contributed by atoms with Crippen LogP contribution >= 0.6 is 11.6 Å². The zero-order valence-electron chi connectivity index (χ0n) is 13.5. The Balaban J connectivity index is 1.72. The summed E-state index contributed by atoms with van der Waals surface area (Å²) >= 11 is 6.20. The van der Waals surface area contributed by atoms with E-state index in [-0.39, 0.29) is 5.92 Å². The van der Waals surface area contributed by atoms with Crippen molar-refractivity contribution < 1.29 is 5.11 Å². The second kappa shape index (κ2) is 6.20. The molecule has 0 saturated heterocycles. The predicted octanol–water partition coefficient (Wildman–Crippen LogP) is 3.54. The molecule has 0 amide bonds. The van der Waals surface area contributed by atoms with Crippen LogP contribution < -0.4 is 5.32 Å². The lowest BCUT2D eigenvalue weighted by Gasteiger charge is -2.27. The average molecular weight is 342 g/mol. The molecule has 1 aliphatic heterocycles. The van der Waals surface area contributed by atoms with E-state index in [1.54, 1.807) is 12.4 Å². The van der Waals surface area contributed by atoms with Crippen LogP contribution in [0.1, 0.15) is 35.3 Å². The van der Waals surface area contributed by atoms with E-state index >= 15 is 0 Å². The quantitative estimate of drug-likeness (QED) is 0.766. The van der Waals surface area contributed by atoms with Crippen LogP contribution in [0.3, 0.4) is 0 Å². The Bertz CT molecular complexity index is 875. The van der Waals surface area contributed by atoms with Crippen molar-refractivity contribution in [3.8, 4) is 0 Å². The lowest BCUT2D eigenvalue weighted by atomic mass is 9.89. The van der Waals surface area contributed by atoms with Crippen molar-refractivity contribution >= 4 is 22.5 Å². The number of nitrogens with one attached hydrogen (secondary N) is 1. The van der Waals surface area contributed by atoms with E-state index in [4.69, 9.17) is 11.6 Å². The zero-order valence-corrected chi connectivity index (χ0v) is 14.3. The Hall–Kier alpha value is -1.88. The van der Waals surface area contributed by atoms with Crippen molar-refractivity contribution in [3.05, 3.63) is 64.6 Å². The highest BCUT2D eigenvalue weighted by Gasteiger charge is 2.28. The molecular formula is C19H20ClN3O. The molecule has 5 heteroatoms. The van der Waals surface area contributed by atoms with E-state index in [1.165, 1.54) is 22.2 Å². The highest BCUT2D eigenvalue weighted by atomic mass is 35.5. The molecule has 0 aliphatic carbocycles. The van der Waals surface area contributed by atoms with Crippen LogP contribution in [0.25, 0.3) is 10.9 Å². The van der Waals surface area contributed by atoms with Crippen LogP contribution in [-0.4, -0.2) is 21.2 Å². The molecule has 3 aromatic rings. The number of nitrogens with zero attached hydrogens (tertiary/aromatic N) is 2. The number of benzene rings is 1. The summed E-state index contributed by atoms with van der Waals surface area (Å²) in [7, 11) is 2.10. The fourth-order valence-electron chi connectivity index (χ4n) is 3.87. The molecule has 3 heterocycles. The Morgan fingerprint density at radius 2 is 2.12 bits per heavy atom. The van der Waals surface area contributed by atoms with Crippen molar-refractivity contribution in [1.29, 1.82) is 0 Å². The molecule has 0 spiro atoms. The minimum atomic E-state index is -0.493. The molecule has 4 nitrogen and oxygen atoms in total. The maximum Gasteiger partial charge on any atom is 0.0798 e. The zero-order chi connectivity index (χ0) is 16.7. The van der Waals surface area contributed by atoms with Crippen molar-refractivity contribution in [2.75, 3.05) is 6.54 Å². The van der Waals surface area contributed by atoms with Crippen LogP contribution in [0.2, 0.25) is 5.02 Å². The fraction of sp³-hybridized carbons (Fsp3) is 0.316. The first-order valence-corrected chi connectivity index (χ1v) is 8.58. The number of pyridine rings is 1. The number of aromatic nitrogens is 2. The van der Waals surface area contributed by atoms with Crippen LogP contribution in [0.15, 0.2) is 42.7 Å². The number of hydrogen-bond donors (Lipinski definition) is 2. The van der Waals surface area contributed by atoms with Gasteiger partial charge in [0, 0.05) is 60.1 Å². The summed E-state index contributed by atoms with van der Waals surface area (Å²) in [6, 6.07) is 9.81. The lowest BCUT2D eigenvalue weighted by Crippen LogP contribution is -2.30. The SMILES string of the molecule is Cn1c2c(c3cc(Cl)ccc31)CNCC2CC(O)c1ccncc1. The van der Waals surface area contributed by atoms with Gasteiger partial charge in [0.1, 0.15) is 0 Å². The van der Waals surface area contributed by atoms with Crippen LogP contribution in [0, 0.1) is 0 Å². The first-order chi connectivity index (χ1) is 11.6. The first kappa shape index (κ1) is 15.6. The molecule has 2 unspecified atom stereocenters. The van der Waals surface area contributed by atoms with Crippen molar-refractivity contribution in [2.24, 2.45) is 7.05 Å². The van der Waals surface area contributed by atoms with Gasteiger partial charge >= 0.3 is 0 Å². The van der Waals surface area contributed by atoms with Crippen LogP contribution in [-0.2, 0) is 13.6 Å². The number of halogens is 1. The second-order valence-electron chi connectivity index (χ2n) is 6.44. The van der Waals surface area contributed by atoms with E-state index in [9.17, 15) is 5.11 Å². The minimum absolute atomic E-state index is 0.257. The van der Waals surface area contributed by atoms with Gasteiger partial charge in [0.2, 0.25) is 0 Å². The molecule has 2 N–H and O–H groups in total. The van der Waals surface area contributed by atoms with Crippen molar-refractivity contribution in [3.63, 3.8) is 0 Å². The molecule has 2 aromatic heterocycles. The third kappa shape index (κ3) is 2.61. The monoisotopic (exact) mass is 341 g/mol. The lowest BCUT2D eigenvalue weighted by molar-refractivity contribution is 0.154. The maximum absolute atomic E-state index is 10.6. The fourth-order valence-corrected chi connectivity index (χ4v) is 4.05. The van der Waals surface area contributed by atoms with Gasteiger partial charge in [0.05, 0.1) is 6.10 Å². The van der Waals surface area contributed by atoms with Gasteiger partial charge in [-0.2, -0.15) is 0 Å². The largest absolute Gasteiger partial charge is 0.388 e. The molecule has 24 heavy (non-hydrogen) atoms. The minimum Gasteiger partial charge on any atom is -0.388 e. The van der Waals surface area contributed by atoms with Crippen molar-refractivity contribution in [2.45, 2.75) is 25.0 Å². The second-order valence-corrected chi connectivity index (χ2v) is 6.88. The van der Waals surface area contributed by atoms with Gasteiger partial charge in [-0.15, -0.1) is 0 Å². The van der Waals surface area contributed by atoms with E-state index in [0.29, 0.717) is 6.42 Å². The van der Waals surface area contributed by atoms with Gasteiger partial charge in [0.25, 0.3) is 0 Å². The molecule has 0 fully saturated rings. The number of fused-ring (bicyclic) bond motifs is 3.